The maximum absolute atomic E-state index is 13.1. The van der Waals surface area contributed by atoms with Crippen LogP contribution in [-0.4, -0.2) is 10.9 Å². The number of hydrogen-bond donors (Lipinski definition) is 0. The van der Waals surface area contributed by atoms with Crippen LogP contribution in [0.2, 0.25) is 0 Å². The number of nitrogens with zero attached hydrogens (tertiary/aromatic N) is 2. The zero-order chi connectivity index (χ0) is 16.9. The van der Waals surface area contributed by atoms with Gasteiger partial charge in [0, 0.05) is 22.6 Å². The molecule has 120 valence electrons. The first-order chi connectivity index (χ1) is 11.6. The summed E-state index contributed by atoms with van der Waals surface area (Å²) in [6.45, 7) is 2.54. The van der Waals surface area contributed by atoms with Crippen molar-refractivity contribution in [3.8, 4) is 0 Å². The lowest BCUT2D eigenvalue weighted by Gasteiger charge is -2.23. The first kappa shape index (κ1) is 16.4. The van der Waals surface area contributed by atoms with Crippen LogP contribution in [0, 0.1) is 6.92 Å². The summed E-state index contributed by atoms with van der Waals surface area (Å²) in [5.74, 6) is -0.0727. The summed E-state index contributed by atoms with van der Waals surface area (Å²) in [6.07, 6.45) is 3.27. The molecule has 24 heavy (non-hydrogen) atoms. The van der Waals surface area contributed by atoms with Gasteiger partial charge in [0.05, 0.1) is 12.1 Å². The molecule has 0 aliphatic heterocycles. The number of pyridine rings is 1. The minimum Gasteiger partial charge on any atom is -0.304 e. The second-order valence-corrected chi connectivity index (χ2v) is 6.52. The summed E-state index contributed by atoms with van der Waals surface area (Å²) in [6, 6.07) is 19.7. The first-order valence-electron chi connectivity index (χ1n) is 7.66. The lowest BCUT2D eigenvalue weighted by atomic mass is 10.1. The van der Waals surface area contributed by atoms with Crippen LogP contribution in [0.15, 0.2) is 77.5 Å². The van der Waals surface area contributed by atoms with Crippen molar-refractivity contribution in [2.24, 2.45) is 0 Å². The van der Waals surface area contributed by atoms with E-state index < -0.39 is 0 Å². The van der Waals surface area contributed by atoms with Crippen molar-refractivity contribution in [1.82, 2.24) is 4.98 Å². The number of benzene rings is 2. The Morgan fingerprint density at radius 3 is 2.42 bits per heavy atom. The topological polar surface area (TPSA) is 33.2 Å². The Morgan fingerprint density at radius 2 is 1.75 bits per heavy atom. The van der Waals surface area contributed by atoms with E-state index in [2.05, 4.69) is 20.9 Å². The van der Waals surface area contributed by atoms with E-state index in [-0.39, 0.29) is 5.91 Å². The van der Waals surface area contributed by atoms with Crippen molar-refractivity contribution >= 4 is 27.5 Å². The summed E-state index contributed by atoms with van der Waals surface area (Å²) >= 11 is 3.38. The van der Waals surface area contributed by atoms with E-state index in [0.29, 0.717) is 12.1 Å². The van der Waals surface area contributed by atoms with E-state index in [0.717, 1.165) is 21.3 Å². The van der Waals surface area contributed by atoms with Gasteiger partial charge in [-0.1, -0.05) is 48.0 Å². The molecule has 0 aliphatic rings. The van der Waals surface area contributed by atoms with Gasteiger partial charge in [0.15, 0.2) is 0 Å². The summed E-state index contributed by atoms with van der Waals surface area (Å²) in [5.41, 5.74) is 3.67. The fourth-order valence-electron chi connectivity index (χ4n) is 2.46. The van der Waals surface area contributed by atoms with Crippen molar-refractivity contribution in [3.05, 3.63) is 94.2 Å². The van der Waals surface area contributed by atoms with Crippen LogP contribution in [0.25, 0.3) is 0 Å². The van der Waals surface area contributed by atoms with Crippen molar-refractivity contribution in [2.45, 2.75) is 13.5 Å². The van der Waals surface area contributed by atoms with Crippen LogP contribution < -0.4 is 4.90 Å². The van der Waals surface area contributed by atoms with E-state index in [1.54, 1.807) is 23.4 Å². The molecule has 4 heteroatoms. The van der Waals surface area contributed by atoms with Gasteiger partial charge in [-0.15, -0.1) is 0 Å². The third-order valence-corrected chi connectivity index (χ3v) is 4.16. The molecule has 0 saturated carbocycles. The highest BCUT2D eigenvalue weighted by Crippen LogP contribution is 2.22. The zero-order valence-electron chi connectivity index (χ0n) is 13.3. The fourth-order valence-corrected chi connectivity index (χ4v) is 2.82. The lowest BCUT2D eigenvalue weighted by molar-refractivity contribution is 0.0984. The third-order valence-electron chi connectivity index (χ3n) is 3.73. The predicted molar refractivity (Wildman–Crippen MR) is 100 cm³/mol. The summed E-state index contributed by atoms with van der Waals surface area (Å²) < 4.78 is 0.789. The quantitative estimate of drug-likeness (QED) is 0.637. The summed E-state index contributed by atoms with van der Waals surface area (Å²) in [7, 11) is 0. The molecule has 0 radical (unpaired) electrons. The molecule has 0 aliphatic carbocycles. The van der Waals surface area contributed by atoms with E-state index in [1.165, 1.54) is 0 Å². The molecule has 0 fully saturated rings. The number of anilines is 1. The summed E-state index contributed by atoms with van der Waals surface area (Å²) in [5, 5.41) is 0. The normalized spacial score (nSPS) is 10.4. The highest BCUT2D eigenvalue weighted by molar-refractivity contribution is 9.10. The molecule has 1 aromatic heterocycles. The van der Waals surface area contributed by atoms with E-state index in [1.807, 2.05) is 61.5 Å². The van der Waals surface area contributed by atoms with Crippen LogP contribution in [0.1, 0.15) is 21.5 Å². The molecule has 0 atom stereocenters. The van der Waals surface area contributed by atoms with Gasteiger partial charge in [-0.2, -0.15) is 0 Å². The van der Waals surface area contributed by atoms with Gasteiger partial charge in [0.1, 0.15) is 0 Å². The third kappa shape index (κ3) is 3.89. The molecule has 3 rings (SSSR count). The molecule has 0 unspecified atom stereocenters. The Kier molecular flexibility index (Phi) is 5.06. The standard InChI is InChI=1S/C20H17BrN2O/c1-15-7-9-19(10-8-15)23(14-16-5-3-2-4-6-16)20(24)17-11-18(21)13-22-12-17/h2-13H,14H2,1H3. The lowest BCUT2D eigenvalue weighted by Crippen LogP contribution is -2.30. The van der Waals surface area contributed by atoms with Gasteiger partial charge in [-0.25, -0.2) is 0 Å². The number of rotatable bonds is 4. The number of carbonyl (C=O) groups excluding carboxylic acids is 1. The maximum Gasteiger partial charge on any atom is 0.260 e. The van der Waals surface area contributed by atoms with E-state index in [4.69, 9.17) is 0 Å². The first-order valence-corrected chi connectivity index (χ1v) is 8.46. The number of aromatic nitrogens is 1. The van der Waals surface area contributed by atoms with Crippen molar-refractivity contribution in [3.63, 3.8) is 0 Å². The van der Waals surface area contributed by atoms with E-state index in [9.17, 15) is 4.79 Å². The van der Waals surface area contributed by atoms with Gasteiger partial charge in [-0.3, -0.25) is 9.78 Å². The molecule has 1 heterocycles. The zero-order valence-corrected chi connectivity index (χ0v) is 14.9. The molecular weight excluding hydrogens is 364 g/mol. The van der Waals surface area contributed by atoms with Gasteiger partial charge in [0.25, 0.3) is 5.91 Å². The smallest absolute Gasteiger partial charge is 0.260 e. The largest absolute Gasteiger partial charge is 0.304 e. The number of carbonyl (C=O) groups is 1. The average molecular weight is 381 g/mol. The SMILES string of the molecule is Cc1ccc(N(Cc2ccccc2)C(=O)c2cncc(Br)c2)cc1. The Hall–Kier alpha value is -2.46. The number of hydrogen-bond acceptors (Lipinski definition) is 2. The van der Waals surface area contributed by atoms with Crippen molar-refractivity contribution in [1.29, 1.82) is 0 Å². The van der Waals surface area contributed by atoms with Gasteiger partial charge < -0.3 is 4.90 Å². The molecule has 2 aromatic carbocycles. The van der Waals surface area contributed by atoms with Crippen LogP contribution in [0.3, 0.4) is 0 Å². The molecular formula is C20H17BrN2O. The molecule has 0 bridgehead atoms. The van der Waals surface area contributed by atoms with Crippen molar-refractivity contribution in [2.75, 3.05) is 4.90 Å². The summed E-state index contributed by atoms with van der Waals surface area (Å²) in [4.78, 5) is 18.9. The van der Waals surface area contributed by atoms with Gasteiger partial charge in [0.2, 0.25) is 0 Å². The van der Waals surface area contributed by atoms with Crippen LogP contribution in [-0.2, 0) is 6.54 Å². The van der Waals surface area contributed by atoms with Crippen LogP contribution in [0.5, 0.6) is 0 Å². The molecule has 0 spiro atoms. The highest BCUT2D eigenvalue weighted by atomic mass is 79.9. The molecule has 3 aromatic rings. The predicted octanol–water partition coefficient (Wildman–Crippen LogP) is 5.00. The molecule has 1 amide bonds. The van der Waals surface area contributed by atoms with Crippen molar-refractivity contribution < 1.29 is 4.79 Å². The Balaban J connectivity index is 1.97. The molecule has 0 saturated heterocycles. The van der Waals surface area contributed by atoms with Crippen LogP contribution in [0.4, 0.5) is 5.69 Å². The average Bonchev–Trinajstić information content (AvgIpc) is 2.61. The van der Waals surface area contributed by atoms with Gasteiger partial charge in [-0.05, 0) is 46.6 Å². The maximum atomic E-state index is 13.1. The number of halogens is 1. The molecule has 3 nitrogen and oxygen atoms in total. The second kappa shape index (κ2) is 7.41. The monoisotopic (exact) mass is 380 g/mol. The second-order valence-electron chi connectivity index (χ2n) is 5.60. The highest BCUT2D eigenvalue weighted by Gasteiger charge is 2.18. The number of amides is 1. The number of aryl methyl sites for hydroxylation is 1. The minimum atomic E-state index is -0.0727. The molecule has 0 N–H and O–H groups in total. The Bertz CT molecular complexity index is 832. The van der Waals surface area contributed by atoms with E-state index >= 15 is 0 Å². The fraction of sp³-hybridized carbons (Fsp3) is 0.100. The Morgan fingerprint density at radius 1 is 1.04 bits per heavy atom. The van der Waals surface area contributed by atoms with Gasteiger partial charge >= 0.3 is 0 Å². The van der Waals surface area contributed by atoms with Crippen LogP contribution >= 0.6 is 15.9 Å². The Labute approximate surface area is 150 Å². The minimum absolute atomic E-state index is 0.0727.